The Morgan fingerprint density at radius 1 is 1.36 bits per heavy atom. The second-order valence-electron chi connectivity index (χ2n) is 6.17. The van der Waals surface area contributed by atoms with E-state index in [9.17, 15) is 5.11 Å². The molecule has 0 aliphatic rings. The lowest BCUT2D eigenvalue weighted by Gasteiger charge is -2.33. The highest BCUT2D eigenvalue weighted by Crippen LogP contribution is 2.32. The smallest absolute Gasteiger partial charge is 0.137 e. The minimum Gasteiger partial charge on any atom is -0.396 e. The van der Waals surface area contributed by atoms with E-state index in [0.29, 0.717) is 6.42 Å². The molecular formula is C18H25N5OS. The van der Waals surface area contributed by atoms with Gasteiger partial charge >= 0.3 is 0 Å². The third kappa shape index (κ3) is 3.58. The number of hydrogen-bond donors (Lipinski definition) is 3. The van der Waals surface area contributed by atoms with Gasteiger partial charge in [-0.05, 0) is 43.2 Å². The van der Waals surface area contributed by atoms with E-state index in [1.165, 1.54) is 0 Å². The van der Waals surface area contributed by atoms with Crippen molar-refractivity contribution in [2.45, 2.75) is 31.7 Å². The number of aromatic nitrogens is 4. The number of fused-ring (bicyclic) bond motifs is 1. The standard InChI is InChI=1S/C18H25N5OS/c1-3-18(7-11-24,6-10-22-25-2)23-13-14(12-21-23)15-4-8-19-17-16(15)5-9-20-17/h4-5,8-9,12-13,22,24H,3,6-7,10-11H2,1-2H3,(H,19,20). The average molecular weight is 359 g/mol. The third-order valence-corrected chi connectivity index (χ3v) is 5.40. The normalized spacial score (nSPS) is 14.0. The van der Waals surface area contributed by atoms with Gasteiger partial charge in [-0.25, -0.2) is 4.98 Å². The molecule has 0 fully saturated rings. The molecule has 1 atom stereocenters. The van der Waals surface area contributed by atoms with Crippen molar-refractivity contribution < 1.29 is 5.11 Å². The topological polar surface area (TPSA) is 78.8 Å². The van der Waals surface area contributed by atoms with Gasteiger partial charge in [-0.15, -0.1) is 0 Å². The number of rotatable bonds is 9. The van der Waals surface area contributed by atoms with E-state index in [1.54, 1.807) is 11.9 Å². The Morgan fingerprint density at radius 3 is 3.00 bits per heavy atom. The molecule has 7 heteroatoms. The van der Waals surface area contributed by atoms with Crippen molar-refractivity contribution in [1.82, 2.24) is 24.5 Å². The summed E-state index contributed by atoms with van der Waals surface area (Å²) in [6.07, 6.45) is 12.3. The highest BCUT2D eigenvalue weighted by Gasteiger charge is 2.30. The lowest BCUT2D eigenvalue weighted by molar-refractivity contribution is 0.154. The first kappa shape index (κ1) is 18.0. The van der Waals surface area contributed by atoms with Crippen LogP contribution in [0.3, 0.4) is 0 Å². The van der Waals surface area contributed by atoms with Gasteiger partial charge in [-0.1, -0.05) is 18.9 Å². The number of H-pyrrole nitrogens is 1. The van der Waals surface area contributed by atoms with Crippen molar-refractivity contribution in [2.24, 2.45) is 0 Å². The van der Waals surface area contributed by atoms with Crippen LogP contribution in [-0.4, -0.2) is 44.3 Å². The van der Waals surface area contributed by atoms with E-state index in [1.807, 2.05) is 41.7 Å². The summed E-state index contributed by atoms with van der Waals surface area (Å²) in [4.78, 5) is 7.50. The SMILES string of the molecule is CCC(CCO)(CCNSC)n1cc(-c2ccnc3[nH]ccc23)cn1. The van der Waals surface area contributed by atoms with Crippen LogP contribution in [0.1, 0.15) is 26.2 Å². The summed E-state index contributed by atoms with van der Waals surface area (Å²) in [5.74, 6) is 0. The van der Waals surface area contributed by atoms with Gasteiger partial charge in [-0.2, -0.15) is 5.10 Å². The summed E-state index contributed by atoms with van der Waals surface area (Å²) in [5, 5.41) is 15.4. The Hall–Kier alpha value is -1.83. The van der Waals surface area contributed by atoms with Crippen LogP contribution in [-0.2, 0) is 5.54 Å². The van der Waals surface area contributed by atoms with Gasteiger partial charge in [-0.3, -0.25) is 9.40 Å². The first-order valence-electron chi connectivity index (χ1n) is 8.58. The zero-order valence-electron chi connectivity index (χ0n) is 14.7. The molecule has 25 heavy (non-hydrogen) atoms. The maximum Gasteiger partial charge on any atom is 0.137 e. The molecule has 0 radical (unpaired) electrons. The molecule has 1 unspecified atom stereocenters. The molecule has 0 aromatic carbocycles. The Bertz CT molecular complexity index is 815. The largest absolute Gasteiger partial charge is 0.396 e. The van der Waals surface area contributed by atoms with Crippen molar-refractivity contribution in [2.75, 3.05) is 19.4 Å². The Morgan fingerprint density at radius 2 is 2.24 bits per heavy atom. The lowest BCUT2D eigenvalue weighted by atomic mass is 9.88. The van der Waals surface area contributed by atoms with E-state index < -0.39 is 0 Å². The highest BCUT2D eigenvalue weighted by molar-refractivity contribution is 7.96. The van der Waals surface area contributed by atoms with Crippen molar-refractivity contribution in [3.8, 4) is 11.1 Å². The van der Waals surface area contributed by atoms with E-state index in [-0.39, 0.29) is 12.1 Å². The number of nitrogens with one attached hydrogen (secondary N) is 2. The molecule has 3 aromatic rings. The first-order chi connectivity index (χ1) is 12.2. The Kier molecular flexibility index (Phi) is 5.78. The zero-order valence-corrected chi connectivity index (χ0v) is 15.5. The molecule has 3 heterocycles. The minimum absolute atomic E-state index is 0.152. The van der Waals surface area contributed by atoms with Crippen LogP contribution < -0.4 is 4.72 Å². The van der Waals surface area contributed by atoms with Crippen molar-refractivity contribution >= 4 is 23.0 Å². The zero-order chi connectivity index (χ0) is 17.7. The van der Waals surface area contributed by atoms with Crippen LogP contribution in [0.25, 0.3) is 22.2 Å². The van der Waals surface area contributed by atoms with Crippen LogP contribution in [0.5, 0.6) is 0 Å². The summed E-state index contributed by atoms with van der Waals surface area (Å²) >= 11 is 1.62. The molecule has 0 aliphatic heterocycles. The molecule has 0 aliphatic carbocycles. The van der Waals surface area contributed by atoms with Crippen LogP contribution in [0.2, 0.25) is 0 Å². The van der Waals surface area contributed by atoms with Gasteiger partial charge in [0.25, 0.3) is 0 Å². The Labute approximate surface area is 152 Å². The number of aromatic amines is 1. The van der Waals surface area contributed by atoms with Gasteiger partial charge in [0.15, 0.2) is 0 Å². The van der Waals surface area contributed by atoms with Crippen LogP contribution >= 0.6 is 11.9 Å². The van der Waals surface area contributed by atoms with Crippen molar-refractivity contribution in [3.63, 3.8) is 0 Å². The van der Waals surface area contributed by atoms with E-state index in [2.05, 4.69) is 32.9 Å². The fraction of sp³-hybridized carbons (Fsp3) is 0.444. The van der Waals surface area contributed by atoms with E-state index in [4.69, 9.17) is 0 Å². The summed E-state index contributed by atoms with van der Waals surface area (Å²) in [7, 11) is 0. The fourth-order valence-electron chi connectivity index (χ4n) is 3.40. The molecule has 0 saturated carbocycles. The molecule has 134 valence electrons. The first-order valence-corrected chi connectivity index (χ1v) is 9.81. The maximum absolute atomic E-state index is 9.61. The van der Waals surface area contributed by atoms with Gasteiger partial charge in [0, 0.05) is 42.7 Å². The molecule has 0 amide bonds. The second-order valence-corrected chi connectivity index (χ2v) is 6.87. The van der Waals surface area contributed by atoms with E-state index in [0.717, 1.165) is 41.5 Å². The molecule has 3 aromatic heterocycles. The quantitative estimate of drug-likeness (QED) is 0.404. The molecule has 0 bridgehead atoms. The number of nitrogens with zero attached hydrogens (tertiary/aromatic N) is 3. The van der Waals surface area contributed by atoms with Crippen LogP contribution in [0.4, 0.5) is 0 Å². The number of aliphatic hydroxyl groups is 1. The summed E-state index contributed by atoms with van der Waals surface area (Å²) < 4.78 is 5.35. The van der Waals surface area contributed by atoms with Gasteiger partial charge in [0.1, 0.15) is 5.65 Å². The minimum atomic E-state index is -0.181. The molecule has 0 saturated heterocycles. The summed E-state index contributed by atoms with van der Waals surface area (Å²) in [6, 6.07) is 4.06. The predicted octanol–water partition coefficient (Wildman–Crippen LogP) is 3.17. The second kappa shape index (κ2) is 8.03. The molecule has 3 rings (SSSR count). The lowest BCUT2D eigenvalue weighted by Crippen LogP contribution is -2.37. The Balaban J connectivity index is 1.95. The predicted molar refractivity (Wildman–Crippen MR) is 103 cm³/mol. The van der Waals surface area contributed by atoms with Gasteiger partial charge in [0.05, 0.1) is 11.7 Å². The number of hydrogen-bond acceptors (Lipinski definition) is 5. The summed E-state index contributed by atoms with van der Waals surface area (Å²) in [5.41, 5.74) is 2.89. The molecule has 3 N–H and O–H groups in total. The summed E-state index contributed by atoms with van der Waals surface area (Å²) in [6.45, 7) is 3.19. The fourth-order valence-corrected chi connectivity index (χ4v) is 3.70. The monoisotopic (exact) mass is 359 g/mol. The van der Waals surface area contributed by atoms with Crippen LogP contribution in [0.15, 0.2) is 36.9 Å². The number of aliphatic hydroxyl groups excluding tert-OH is 1. The number of pyridine rings is 1. The molecule has 0 spiro atoms. The highest BCUT2D eigenvalue weighted by atomic mass is 32.2. The molecular weight excluding hydrogens is 334 g/mol. The molecule has 6 nitrogen and oxygen atoms in total. The average Bonchev–Trinajstić information content (AvgIpc) is 3.30. The van der Waals surface area contributed by atoms with Crippen LogP contribution in [0, 0.1) is 0 Å². The van der Waals surface area contributed by atoms with Gasteiger partial charge in [0.2, 0.25) is 0 Å². The van der Waals surface area contributed by atoms with E-state index >= 15 is 0 Å². The van der Waals surface area contributed by atoms with Gasteiger partial charge < -0.3 is 10.1 Å². The van der Waals surface area contributed by atoms with Crippen molar-refractivity contribution in [3.05, 3.63) is 36.9 Å². The van der Waals surface area contributed by atoms with Crippen molar-refractivity contribution in [1.29, 1.82) is 0 Å². The maximum atomic E-state index is 9.61. The third-order valence-electron chi connectivity index (χ3n) is 4.91.